The average molecular weight is 360 g/mol. The molecule has 10 nitrogen and oxygen atoms in total. The van der Waals surface area contributed by atoms with E-state index in [2.05, 4.69) is 15.0 Å². The molecule has 0 unspecified atom stereocenters. The van der Waals surface area contributed by atoms with Gasteiger partial charge in [0, 0.05) is 12.7 Å². The van der Waals surface area contributed by atoms with Crippen LogP contribution in [-0.4, -0.2) is 49.4 Å². The summed E-state index contributed by atoms with van der Waals surface area (Å²) in [6, 6.07) is 1.05. The molecule has 0 atom stereocenters. The van der Waals surface area contributed by atoms with E-state index in [9.17, 15) is 22.8 Å². The molecule has 1 rings (SSSR count). The number of aromatic amines is 1. The molecule has 11 heteroatoms. The maximum absolute atomic E-state index is 12.0. The Balaban J connectivity index is 2.51. The zero-order chi connectivity index (χ0) is 18.5. The Morgan fingerprint density at radius 2 is 1.96 bits per heavy atom. The minimum atomic E-state index is -3.98. The third kappa shape index (κ3) is 5.35. The number of hydrogen-bond donors (Lipinski definition) is 5. The molecule has 24 heavy (non-hydrogen) atoms. The van der Waals surface area contributed by atoms with Crippen molar-refractivity contribution in [3.8, 4) is 0 Å². The van der Waals surface area contributed by atoms with Crippen molar-refractivity contribution in [2.24, 2.45) is 11.1 Å². The Labute approximate surface area is 138 Å². The summed E-state index contributed by atoms with van der Waals surface area (Å²) in [5.74, 6) is -2.41. The van der Waals surface area contributed by atoms with Crippen LogP contribution in [0, 0.1) is 5.41 Å². The topological polar surface area (TPSA) is 171 Å². The molecule has 6 N–H and O–H groups in total. The first-order chi connectivity index (χ1) is 11.0. The van der Waals surface area contributed by atoms with Crippen LogP contribution < -0.4 is 15.8 Å². The molecule has 134 valence electrons. The number of primary amides is 1. The SMILES string of the molecule is CC(C)(CCNC(=O)CNS(=O)(=O)c1c[nH]c(C(N)=O)c1)C(=O)O. The quantitative estimate of drug-likeness (QED) is 0.378. The fourth-order valence-electron chi connectivity index (χ4n) is 1.60. The molecule has 0 aliphatic heterocycles. The molecule has 0 radical (unpaired) electrons. The predicted octanol–water partition coefficient (Wildman–Crippen LogP) is -0.991. The van der Waals surface area contributed by atoms with E-state index < -0.39 is 39.8 Å². The van der Waals surface area contributed by atoms with Gasteiger partial charge in [-0.3, -0.25) is 14.4 Å². The minimum absolute atomic E-state index is 0.0734. The van der Waals surface area contributed by atoms with E-state index in [1.54, 1.807) is 0 Å². The van der Waals surface area contributed by atoms with Crippen LogP contribution >= 0.6 is 0 Å². The summed E-state index contributed by atoms with van der Waals surface area (Å²) in [5.41, 5.74) is 3.94. The fraction of sp³-hybridized carbons (Fsp3) is 0.462. The molecular formula is C13H20N4O6S. The number of sulfonamides is 1. The van der Waals surface area contributed by atoms with E-state index >= 15 is 0 Å². The Bertz CT molecular complexity index is 737. The third-order valence-electron chi connectivity index (χ3n) is 3.31. The number of aliphatic carboxylic acids is 1. The van der Waals surface area contributed by atoms with Crippen molar-refractivity contribution in [1.29, 1.82) is 0 Å². The van der Waals surface area contributed by atoms with Gasteiger partial charge in [-0.1, -0.05) is 0 Å². The van der Waals surface area contributed by atoms with E-state index in [-0.39, 0.29) is 23.6 Å². The lowest BCUT2D eigenvalue weighted by Crippen LogP contribution is -2.38. The van der Waals surface area contributed by atoms with Crippen LogP contribution in [0.4, 0.5) is 0 Å². The van der Waals surface area contributed by atoms with E-state index in [4.69, 9.17) is 10.8 Å². The molecule has 1 aromatic rings. The van der Waals surface area contributed by atoms with Gasteiger partial charge in [0.2, 0.25) is 15.9 Å². The Morgan fingerprint density at radius 1 is 1.33 bits per heavy atom. The first-order valence-corrected chi connectivity index (χ1v) is 8.42. The average Bonchev–Trinajstić information content (AvgIpc) is 2.95. The predicted molar refractivity (Wildman–Crippen MR) is 83.5 cm³/mol. The van der Waals surface area contributed by atoms with E-state index in [0.717, 1.165) is 12.3 Å². The lowest BCUT2D eigenvalue weighted by Gasteiger charge is -2.18. The van der Waals surface area contributed by atoms with Crippen molar-refractivity contribution < 1.29 is 27.9 Å². The Hall–Kier alpha value is -2.40. The second-order valence-electron chi connectivity index (χ2n) is 5.73. The first kappa shape index (κ1) is 19.6. The van der Waals surface area contributed by atoms with Crippen molar-refractivity contribution in [3.05, 3.63) is 18.0 Å². The monoisotopic (exact) mass is 360 g/mol. The van der Waals surface area contributed by atoms with Crippen LogP contribution in [0.25, 0.3) is 0 Å². The maximum atomic E-state index is 12.0. The standard InChI is InChI=1S/C13H20N4O6S/c1-13(2,12(20)21)3-4-15-10(18)7-17-24(22,23)8-5-9(11(14)19)16-6-8/h5-6,16-17H,3-4,7H2,1-2H3,(H2,14,19)(H,15,18)(H,20,21). The number of nitrogens with two attached hydrogens (primary N) is 1. The molecule has 0 aliphatic rings. The number of aromatic nitrogens is 1. The Morgan fingerprint density at radius 3 is 2.46 bits per heavy atom. The smallest absolute Gasteiger partial charge is 0.309 e. The van der Waals surface area contributed by atoms with E-state index in [0.29, 0.717) is 0 Å². The van der Waals surface area contributed by atoms with Crippen LogP contribution in [0.15, 0.2) is 17.2 Å². The van der Waals surface area contributed by atoms with Crippen molar-refractivity contribution in [1.82, 2.24) is 15.0 Å². The summed E-state index contributed by atoms with van der Waals surface area (Å²) in [6.45, 7) is 2.61. The summed E-state index contributed by atoms with van der Waals surface area (Å²) >= 11 is 0. The first-order valence-electron chi connectivity index (χ1n) is 6.94. The number of carboxylic acid groups (broad SMARTS) is 1. The van der Waals surface area contributed by atoms with Gasteiger partial charge in [0.15, 0.2) is 0 Å². The molecule has 0 spiro atoms. The summed E-state index contributed by atoms with van der Waals surface area (Å²) in [7, 11) is -3.98. The molecule has 0 aromatic carbocycles. The van der Waals surface area contributed by atoms with Gasteiger partial charge in [-0.2, -0.15) is 0 Å². The zero-order valence-electron chi connectivity index (χ0n) is 13.3. The number of carbonyl (C=O) groups excluding carboxylic acids is 2. The minimum Gasteiger partial charge on any atom is -0.481 e. The van der Waals surface area contributed by atoms with E-state index in [1.807, 2.05) is 0 Å². The number of rotatable bonds is 9. The Kier molecular flexibility index (Phi) is 6.10. The largest absolute Gasteiger partial charge is 0.481 e. The van der Waals surface area contributed by atoms with Gasteiger partial charge in [-0.05, 0) is 26.3 Å². The highest BCUT2D eigenvalue weighted by Crippen LogP contribution is 2.19. The van der Waals surface area contributed by atoms with Gasteiger partial charge in [-0.15, -0.1) is 0 Å². The fourth-order valence-corrected chi connectivity index (χ4v) is 2.57. The van der Waals surface area contributed by atoms with Crippen LogP contribution in [0.3, 0.4) is 0 Å². The van der Waals surface area contributed by atoms with Gasteiger partial charge in [0.25, 0.3) is 5.91 Å². The van der Waals surface area contributed by atoms with Gasteiger partial charge in [-0.25, -0.2) is 13.1 Å². The second kappa shape index (κ2) is 7.45. The summed E-state index contributed by atoms with van der Waals surface area (Å²) in [5, 5.41) is 11.4. The molecule has 0 saturated heterocycles. The normalized spacial score (nSPS) is 11.9. The van der Waals surface area contributed by atoms with Crippen LogP contribution in [0.5, 0.6) is 0 Å². The third-order valence-corrected chi connectivity index (χ3v) is 4.69. The highest BCUT2D eigenvalue weighted by Gasteiger charge is 2.26. The molecule has 0 aliphatic carbocycles. The highest BCUT2D eigenvalue weighted by molar-refractivity contribution is 7.89. The number of carbonyl (C=O) groups is 3. The molecule has 0 fully saturated rings. The van der Waals surface area contributed by atoms with Crippen LogP contribution in [-0.2, 0) is 19.6 Å². The molecule has 1 aromatic heterocycles. The molecular weight excluding hydrogens is 340 g/mol. The van der Waals surface area contributed by atoms with Gasteiger partial charge < -0.3 is 21.1 Å². The summed E-state index contributed by atoms with van der Waals surface area (Å²) in [6.07, 6.45) is 1.27. The lowest BCUT2D eigenvalue weighted by atomic mass is 9.90. The number of carboxylic acids is 1. The van der Waals surface area contributed by atoms with Crippen molar-refractivity contribution in [3.63, 3.8) is 0 Å². The summed E-state index contributed by atoms with van der Waals surface area (Å²) < 4.78 is 26.0. The van der Waals surface area contributed by atoms with Gasteiger partial charge >= 0.3 is 5.97 Å². The number of nitrogens with one attached hydrogen (secondary N) is 3. The van der Waals surface area contributed by atoms with Crippen molar-refractivity contribution in [2.45, 2.75) is 25.2 Å². The molecule has 1 heterocycles. The number of H-pyrrole nitrogens is 1. The van der Waals surface area contributed by atoms with Crippen LogP contribution in [0.2, 0.25) is 0 Å². The van der Waals surface area contributed by atoms with Crippen molar-refractivity contribution in [2.75, 3.05) is 13.1 Å². The summed E-state index contributed by atoms with van der Waals surface area (Å²) in [4.78, 5) is 35.7. The molecule has 0 saturated carbocycles. The van der Waals surface area contributed by atoms with E-state index in [1.165, 1.54) is 13.8 Å². The van der Waals surface area contributed by atoms with Gasteiger partial charge in [0.1, 0.15) is 10.6 Å². The molecule has 2 amide bonds. The van der Waals surface area contributed by atoms with Gasteiger partial charge in [0.05, 0.1) is 12.0 Å². The zero-order valence-corrected chi connectivity index (χ0v) is 14.1. The maximum Gasteiger partial charge on any atom is 0.309 e. The molecule has 0 bridgehead atoms. The van der Waals surface area contributed by atoms with Crippen molar-refractivity contribution >= 4 is 27.8 Å². The van der Waals surface area contributed by atoms with Crippen LogP contribution in [0.1, 0.15) is 30.8 Å². The number of amides is 2. The highest BCUT2D eigenvalue weighted by atomic mass is 32.2. The number of hydrogen-bond acceptors (Lipinski definition) is 5. The second-order valence-corrected chi connectivity index (χ2v) is 7.49. The lowest BCUT2D eigenvalue weighted by molar-refractivity contribution is -0.147.